The first-order valence-corrected chi connectivity index (χ1v) is 7.09. The van der Waals surface area contributed by atoms with Crippen LogP contribution in [0.1, 0.15) is 0 Å². The van der Waals surface area contributed by atoms with Crippen molar-refractivity contribution >= 4 is 43.1 Å². The topological polar surface area (TPSA) is 13.1 Å². The van der Waals surface area contributed by atoms with Gasteiger partial charge >= 0.3 is 0 Å². The molecule has 4 aromatic carbocycles. The molecule has 0 radical (unpaired) electrons. The van der Waals surface area contributed by atoms with Crippen molar-refractivity contribution in [2.45, 2.75) is 0 Å². The summed E-state index contributed by atoms with van der Waals surface area (Å²) in [5.74, 6) is 0. The van der Waals surface area contributed by atoms with Crippen LogP contribution in [0.4, 0.5) is 0 Å². The van der Waals surface area contributed by atoms with Gasteiger partial charge in [-0.05, 0) is 68.7 Å². The summed E-state index contributed by atoms with van der Waals surface area (Å²) in [6.45, 7) is 0. The van der Waals surface area contributed by atoms with E-state index < -0.39 is 0 Å². The van der Waals surface area contributed by atoms with Crippen molar-refractivity contribution in [3.05, 3.63) is 73.2 Å². The Balaban J connectivity index is 1.95. The molecule has 0 fully saturated rings. The van der Waals surface area contributed by atoms with E-state index in [9.17, 15) is 0 Å². The normalized spacial score (nSPS) is 11.8. The van der Waals surface area contributed by atoms with E-state index in [0.717, 1.165) is 10.8 Å². The molecular weight excluding hydrogens is 256 g/mol. The van der Waals surface area contributed by atoms with E-state index in [2.05, 4.69) is 60.7 Å². The third-order valence-corrected chi connectivity index (χ3v) is 4.25. The zero-order chi connectivity index (χ0) is 13.8. The molecule has 1 aromatic heterocycles. The average molecular weight is 268 g/mol. The van der Waals surface area contributed by atoms with Crippen molar-refractivity contribution in [1.82, 2.24) is 0 Å². The SMILES string of the molecule is c1ccc2cc3cc4cc5cocc5cc4cc3cc2c1. The van der Waals surface area contributed by atoms with Crippen LogP contribution in [0, 0.1) is 0 Å². The van der Waals surface area contributed by atoms with Crippen LogP contribution < -0.4 is 0 Å². The molecule has 1 heteroatoms. The summed E-state index contributed by atoms with van der Waals surface area (Å²) in [7, 11) is 0. The van der Waals surface area contributed by atoms with Crippen molar-refractivity contribution in [2.24, 2.45) is 0 Å². The Kier molecular flexibility index (Phi) is 2.01. The molecular formula is C20H12O. The minimum atomic E-state index is 1.16. The second kappa shape index (κ2) is 3.86. The zero-order valence-electron chi connectivity index (χ0n) is 11.3. The minimum absolute atomic E-state index is 1.16. The summed E-state index contributed by atoms with van der Waals surface area (Å²) in [4.78, 5) is 0. The molecule has 0 aliphatic carbocycles. The molecule has 0 atom stereocenters. The van der Waals surface area contributed by atoms with Crippen LogP contribution in [0.3, 0.4) is 0 Å². The van der Waals surface area contributed by atoms with E-state index in [4.69, 9.17) is 4.42 Å². The van der Waals surface area contributed by atoms with Crippen molar-refractivity contribution in [1.29, 1.82) is 0 Å². The summed E-state index contributed by atoms with van der Waals surface area (Å²) in [6.07, 6.45) is 3.61. The van der Waals surface area contributed by atoms with Crippen LogP contribution in [-0.2, 0) is 0 Å². The maximum absolute atomic E-state index is 5.30. The molecule has 21 heavy (non-hydrogen) atoms. The highest BCUT2D eigenvalue weighted by Crippen LogP contribution is 2.30. The van der Waals surface area contributed by atoms with Crippen LogP contribution in [-0.4, -0.2) is 0 Å². The molecule has 1 heterocycles. The lowest BCUT2D eigenvalue weighted by Crippen LogP contribution is -1.79. The lowest BCUT2D eigenvalue weighted by atomic mass is 9.99. The van der Waals surface area contributed by atoms with Gasteiger partial charge in [-0.3, -0.25) is 0 Å². The monoisotopic (exact) mass is 268 g/mol. The van der Waals surface area contributed by atoms with Gasteiger partial charge in [-0.25, -0.2) is 0 Å². The highest BCUT2D eigenvalue weighted by atomic mass is 16.3. The van der Waals surface area contributed by atoms with Gasteiger partial charge in [-0.2, -0.15) is 0 Å². The third-order valence-electron chi connectivity index (χ3n) is 4.25. The van der Waals surface area contributed by atoms with Gasteiger partial charge in [0.05, 0.1) is 12.5 Å². The van der Waals surface area contributed by atoms with Gasteiger partial charge in [0.2, 0.25) is 0 Å². The largest absolute Gasteiger partial charge is 0.471 e. The summed E-state index contributed by atoms with van der Waals surface area (Å²) in [6, 6.07) is 22.0. The summed E-state index contributed by atoms with van der Waals surface area (Å²) in [5.41, 5.74) is 0. The molecule has 0 saturated carbocycles. The number of hydrogen-bond acceptors (Lipinski definition) is 1. The molecule has 0 aliphatic rings. The van der Waals surface area contributed by atoms with Crippen molar-refractivity contribution < 1.29 is 4.42 Å². The van der Waals surface area contributed by atoms with Crippen molar-refractivity contribution in [3.63, 3.8) is 0 Å². The molecule has 0 N–H and O–H groups in total. The van der Waals surface area contributed by atoms with Crippen LogP contribution in [0.5, 0.6) is 0 Å². The van der Waals surface area contributed by atoms with Crippen LogP contribution in [0.25, 0.3) is 43.1 Å². The molecule has 0 amide bonds. The first-order valence-electron chi connectivity index (χ1n) is 7.09. The van der Waals surface area contributed by atoms with Gasteiger partial charge in [0.1, 0.15) is 0 Å². The number of rotatable bonds is 0. The Morgan fingerprint density at radius 2 is 0.810 bits per heavy atom. The first-order chi connectivity index (χ1) is 10.4. The van der Waals surface area contributed by atoms with Gasteiger partial charge in [-0.1, -0.05) is 24.3 Å². The fourth-order valence-corrected chi connectivity index (χ4v) is 3.16. The van der Waals surface area contributed by atoms with Gasteiger partial charge in [0, 0.05) is 10.8 Å². The molecule has 5 aromatic rings. The molecule has 0 bridgehead atoms. The Morgan fingerprint density at radius 1 is 0.429 bits per heavy atom. The number of fused-ring (bicyclic) bond motifs is 4. The second-order valence-corrected chi connectivity index (χ2v) is 5.60. The average Bonchev–Trinajstić information content (AvgIpc) is 2.95. The molecule has 98 valence electrons. The summed E-state index contributed by atoms with van der Waals surface area (Å²) in [5, 5.41) is 9.96. The van der Waals surface area contributed by atoms with Crippen molar-refractivity contribution in [3.8, 4) is 0 Å². The molecule has 5 rings (SSSR count). The highest BCUT2D eigenvalue weighted by molar-refractivity contribution is 6.07. The minimum Gasteiger partial charge on any atom is -0.471 e. The summed E-state index contributed by atoms with van der Waals surface area (Å²) >= 11 is 0. The molecule has 0 saturated heterocycles. The van der Waals surface area contributed by atoms with Gasteiger partial charge in [0.15, 0.2) is 0 Å². The smallest absolute Gasteiger partial charge is 0.0981 e. The van der Waals surface area contributed by atoms with Crippen LogP contribution in [0.15, 0.2) is 77.6 Å². The Morgan fingerprint density at radius 3 is 1.29 bits per heavy atom. The summed E-state index contributed by atoms with van der Waals surface area (Å²) < 4.78 is 5.30. The Hall–Kier alpha value is -2.80. The molecule has 0 unspecified atom stereocenters. The quantitative estimate of drug-likeness (QED) is 0.319. The van der Waals surface area contributed by atoms with E-state index in [1.54, 1.807) is 12.5 Å². The molecule has 0 aliphatic heterocycles. The lowest BCUT2D eigenvalue weighted by molar-refractivity contribution is 0.572. The fourth-order valence-electron chi connectivity index (χ4n) is 3.16. The van der Waals surface area contributed by atoms with Gasteiger partial charge in [-0.15, -0.1) is 0 Å². The maximum atomic E-state index is 5.30. The Bertz CT molecular complexity index is 1040. The number of furan rings is 1. The number of hydrogen-bond donors (Lipinski definition) is 0. The van der Waals surface area contributed by atoms with E-state index in [-0.39, 0.29) is 0 Å². The second-order valence-electron chi connectivity index (χ2n) is 5.60. The molecule has 0 spiro atoms. The van der Waals surface area contributed by atoms with Crippen molar-refractivity contribution in [2.75, 3.05) is 0 Å². The molecule has 1 nitrogen and oxygen atoms in total. The first kappa shape index (κ1) is 10.9. The highest BCUT2D eigenvalue weighted by Gasteiger charge is 2.03. The van der Waals surface area contributed by atoms with Crippen LogP contribution in [0.2, 0.25) is 0 Å². The lowest BCUT2D eigenvalue weighted by Gasteiger charge is -2.05. The predicted octanol–water partition coefficient (Wildman–Crippen LogP) is 5.89. The zero-order valence-corrected chi connectivity index (χ0v) is 11.3. The maximum Gasteiger partial charge on any atom is 0.0981 e. The fraction of sp³-hybridized carbons (Fsp3) is 0. The predicted molar refractivity (Wildman–Crippen MR) is 88.7 cm³/mol. The van der Waals surface area contributed by atoms with Gasteiger partial charge < -0.3 is 4.42 Å². The van der Waals surface area contributed by atoms with Gasteiger partial charge in [0.25, 0.3) is 0 Å². The van der Waals surface area contributed by atoms with E-state index >= 15 is 0 Å². The van der Waals surface area contributed by atoms with E-state index in [1.165, 1.54) is 32.3 Å². The number of benzene rings is 4. The standard InChI is InChI=1S/C20H12O/c1-2-4-14-6-16-8-18-10-20-12-21-11-19(20)9-17(18)7-15(16)5-13(14)3-1/h1-12H. The van der Waals surface area contributed by atoms with Crippen LogP contribution >= 0.6 is 0 Å². The van der Waals surface area contributed by atoms with E-state index in [1.807, 2.05) is 0 Å². The Labute approximate surface area is 121 Å². The van der Waals surface area contributed by atoms with E-state index in [0.29, 0.717) is 0 Å². The third kappa shape index (κ3) is 1.58.